The minimum Gasteiger partial charge on any atom is -0.356 e. The second-order valence-corrected chi connectivity index (χ2v) is 6.33. The lowest BCUT2D eigenvalue weighted by molar-refractivity contribution is 0.232. The standard InChI is InChI=1S/C16H33N5/c1-3-20-11-7-15(14-20)13-19-16(17-2)18-8-12-21-9-5-4-6-10-21/h15H,3-14H2,1-2H3,(H2,17,18,19). The van der Waals surface area contributed by atoms with Gasteiger partial charge in [-0.15, -0.1) is 0 Å². The minimum atomic E-state index is 0.769. The Morgan fingerprint density at radius 2 is 1.90 bits per heavy atom. The van der Waals surface area contributed by atoms with Crippen LogP contribution in [0.15, 0.2) is 4.99 Å². The molecule has 0 aliphatic carbocycles. The van der Waals surface area contributed by atoms with E-state index < -0.39 is 0 Å². The molecule has 2 heterocycles. The van der Waals surface area contributed by atoms with Crippen molar-refractivity contribution >= 4 is 5.96 Å². The quantitative estimate of drug-likeness (QED) is 0.566. The molecule has 1 unspecified atom stereocenters. The van der Waals surface area contributed by atoms with Gasteiger partial charge in [0.15, 0.2) is 5.96 Å². The molecular weight excluding hydrogens is 262 g/mol. The number of guanidine groups is 1. The van der Waals surface area contributed by atoms with Crippen LogP contribution in [-0.2, 0) is 0 Å². The van der Waals surface area contributed by atoms with Crippen molar-refractivity contribution in [2.45, 2.75) is 32.6 Å². The number of piperidine rings is 1. The number of rotatable bonds is 6. The maximum atomic E-state index is 4.33. The van der Waals surface area contributed by atoms with Crippen LogP contribution in [-0.4, -0.2) is 75.2 Å². The molecule has 122 valence electrons. The molecule has 5 heteroatoms. The average Bonchev–Trinajstić information content (AvgIpc) is 3.00. The van der Waals surface area contributed by atoms with Crippen molar-refractivity contribution < 1.29 is 0 Å². The Morgan fingerprint density at radius 1 is 1.10 bits per heavy atom. The second kappa shape index (κ2) is 9.26. The van der Waals surface area contributed by atoms with Crippen molar-refractivity contribution in [1.29, 1.82) is 0 Å². The Bertz CT molecular complexity index is 312. The number of likely N-dealkylation sites (tertiary alicyclic amines) is 2. The number of nitrogens with zero attached hydrogens (tertiary/aromatic N) is 3. The summed E-state index contributed by atoms with van der Waals surface area (Å²) in [7, 11) is 1.86. The van der Waals surface area contributed by atoms with E-state index in [2.05, 4.69) is 32.3 Å². The topological polar surface area (TPSA) is 42.9 Å². The van der Waals surface area contributed by atoms with Gasteiger partial charge in [-0.1, -0.05) is 13.3 Å². The van der Waals surface area contributed by atoms with E-state index in [9.17, 15) is 0 Å². The van der Waals surface area contributed by atoms with Crippen molar-refractivity contribution in [1.82, 2.24) is 20.4 Å². The van der Waals surface area contributed by atoms with Crippen molar-refractivity contribution in [3.63, 3.8) is 0 Å². The summed E-state index contributed by atoms with van der Waals surface area (Å²) in [6.45, 7) is 11.6. The minimum absolute atomic E-state index is 0.769. The summed E-state index contributed by atoms with van der Waals surface area (Å²) in [5, 5.41) is 6.94. The molecule has 0 aromatic heterocycles. The molecular formula is C16H33N5. The van der Waals surface area contributed by atoms with E-state index >= 15 is 0 Å². The molecule has 2 N–H and O–H groups in total. The van der Waals surface area contributed by atoms with Crippen LogP contribution in [0.4, 0.5) is 0 Å². The maximum absolute atomic E-state index is 4.33. The zero-order chi connectivity index (χ0) is 14.9. The first-order chi connectivity index (χ1) is 10.3. The van der Waals surface area contributed by atoms with E-state index in [4.69, 9.17) is 0 Å². The first-order valence-corrected chi connectivity index (χ1v) is 8.71. The molecule has 2 aliphatic rings. The summed E-state index contributed by atoms with van der Waals surface area (Å²) < 4.78 is 0. The van der Waals surface area contributed by atoms with E-state index in [-0.39, 0.29) is 0 Å². The summed E-state index contributed by atoms with van der Waals surface area (Å²) in [5.74, 6) is 1.73. The lowest BCUT2D eigenvalue weighted by atomic mass is 10.1. The van der Waals surface area contributed by atoms with Gasteiger partial charge in [0.2, 0.25) is 0 Å². The van der Waals surface area contributed by atoms with Crippen LogP contribution in [0, 0.1) is 5.92 Å². The lowest BCUT2D eigenvalue weighted by Crippen LogP contribution is -2.44. The molecule has 1 atom stereocenters. The molecule has 0 bridgehead atoms. The Kier molecular flexibility index (Phi) is 7.30. The van der Waals surface area contributed by atoms with Crippen molar-refractivity contribution in [2.75, 3.05) is 59.4 Å². The van der Waals surface area contributed by atoms with Crippen LogP contribution >= 0.6 is 0 Å². The molecule has 2 aliphatic heterocycles. The predicted molar refractivity (Wildman–Crippen MR) is 89.9 cm³/mol. The second-order valence-electron chi connectivity index (χ2n) is 6.33. The molecule has 0 aromatic rings. The van der Waals surface area contributed by atoms with Gasteiger partial charge in [0, 0.05) is 33.2 Å². The van der Waals surface area contributed by atoms with E-state index in [1.54, 1.807) is 0 Å². The zero-order valence-electron chi connectivity index (χ0n) is 13.9. The van der Waals surface area contributed by atoms with Gasteiger partial charge in [-0.05, 0) is 51.4 Å². The van der Waals surface area contributed by atoms with Gasteiger partial charge >= 0.3 is 0 Å². The van der Waals surface area contributed by atoms with E-state index in [0.717, 1.165) is 31.5 Å². The predicted octanol–water partition coefficient (Wildman–Crippen LogP) is 0.979. The van der Waals surface area contributed by atoms with E-state index in [1.165, 1.54) is 58.4 Å². The third-order valence-corrected chi connectivity index (χ3v) is 4.77. The third kappa shape index (κ3) is 5.83. The van der Waals surface area contributed by atoms with Crippen LogP contribution in [0.5, 0.6) is 0 Å². The summed E-state index contributed by atoms with van der Waals surface area (Å²) in [6.07, 6.45) is 5.44. The van der Waals surface area contributed by atoms with Crippen LogP contribution in [0.1, 0.15) is 32.6 Å². The lowest BCUT2D eigenvalue weighted by Gasteiger charge is -2.26. The molecule has 0 aromatic carbocycles. The number of aliphatic imine (C=N–C) groups is 1. The Hall–Kier alpha value is -0.810. The molecule has 0 spiro atoms. The van der Waals surface area contributed by atoms with Crippen molar-refractivity contribution in [2.24, 2.45) is 10.9 Å². The number of nitrogens with one attached hydrogen (secondary N) is 2. The van der Waals surface area contributed by atoms with Crippen molar-refractivity contribution in [3.05, 3.63) is 0 Å². The fourth-order valence-electron chi connectivity index (χ4n) is 3.34. The van der Waals surface area contributed by atoms with Crippen LogP contribution < -0.4 is 10.6 Å². The highest BCUT2D eigenvalue weighted by molar-refractivity contribution is 5.79. The molecule has 2 fully saturated rings. The molecule has 5 nitrogen and oxygen atoms in total. The normalized spacial score (nSPS) is 25.2. The number of hydrogen-bond donors (Lipinski definition) is 2. The highest BCUT2D eigenvalue weighted by Crippen LogP contribution is 2.14. The molecule has 21 heavy (non-hydrogen) atoms. The van der Waals surface area contributed by atoms with E-state index in [0.29, 0.717) is 0 Å². The fourth-order valence-corrected chi connectivity index (χ4v) is 3.34. The van der Waals surface area contributed by atoms with Crippen LogP contribution in [0.3, 0.4) is 0 Å². The summed E-state index contributed by atoms with van der Waals surface area (Å²) in [6, 6.07) is 0. The molecule has 2 rings (SSSR count). The smallest absolute Gasteiger partial charge is 0.191 e. The maximum Gasteiger partial charge on any atom is 0.191 e. The largest absolute Gasteiger partial charge is 0.356 e. The number of hydrogen-bond acceptors (Lipinski definition) is 3. The Labute approximate surface area is 130 Å². The summed E-state index contributed by atoms with van der Waals surface area (Å²) >= 11 is 0. The molecule has 2 saturated heterocycles. The van der Waals surface area contributed by atoms with Gasteiger partial charge < -0.3 is 20.4 Å². The summed E-state index contributed by atoms with van der Waals surface area (Å²) in [4.78, 5) is 9.42. The molecule has 0 amide bonds. The monoisotopic (exact) mass is 295 g/mol. The first-order valence-electron chi connectivity index (χ1n) is 8.71. The van der Waals surface area contributed by atoms with Gasteiger partial charge in [-0.3, -0.25) is 4.99 Å². The highest BCUT2D eigenvalue weighted by atomic mass is 15.2. The molecule has 0 radical (unpaired) electrons. The van der Waals surface area contributed by atoms with E-state index in [1.807, 2.05) is 7.05 Å². The summed E-state index contributed by atoms with van der Waals surface area (Å²) in [5.41, 5.74) is 0. The first kappa shape index (κ1) is 16.6. The van der Waals surface area contributed by atoms with Gasteiger partial charge in [-0.2, -0.15) is 0 Å². The third-order valence-electron chi connectivity index (χ3n) is 4.77. The van der Waals surface area contributed by atoms with Gasteiger partial charge in [-0.25, -0.2) is 0 Å². The zero-order valence-corrected chi connectivity index (χ0v) is 13.9. The SMILES string of the molecule is CCN1CCC(CNC(=NC)NCCN2CCCCC2)C1. The van der Waals surface area contributed by atoms with Gasteiger partial charge in [0.05, 0.1) is 0 Å². The molecule has 0 saturated carbocycles. The Morgan fingerprint density at radius 3 is 2.57 bits per heavy atom. The average molecular weight is 295 g/mol. The van der Waals surface area contributed by atoms with Gasteiger partial charge in [0.25, 0.3) is 0 Å². The Balaban J connectivity index is 1.57. The van der Waals surface area contributed by atoms with Crippen molar-refractivity contribution in [3.8, 4) is 0 Å². The highest BCUT2D eigenvalue weighted by Gasteiger charge is 2.20. The van der Waals surface area contributed by atoms with Gasteiger partial charge in [0.1, 0.15) is 0 Å². The fraction of sp³-hybridized carbons (Fsp3) is 0.938. The van der Waals surface area contributed by atoms with Crippen LogP contribution in [0.2, 0.25) is 0 Å². The van der Waals surface area contributed by atoms with Crippen LogP contribution in [0.25, 0.3) is 0 Å².